The molecular weight excluding hydrogens is 456 g/mol. The molecule has 0 bridgehead atoms. The molecule has 0 aliphatic heterocycles. The molecule has 188 valence electrons. The minimum Gasteiger partial charge on any atom is -0.465 e. The Labute approximate surface area is 211 Å². The number of amides is 1. The topological polar surface area (TPSA) is 81.9 Å². The highest BCUT2D eigenvalue weighted by molar-refractivity contribution is 5.94. The van der Waals surface area contributed by atoms with E-state index >= 15 is 0 Å². The highest BCUT2D eigenvalue weighted by atomic mass is 16.6. The summed E-state index contributed by atoms with van der Waals surface area (Å²) in [6.45, 7) is 6.22. The van der Waals surface area contributed by atoms with Crippen molar-refractivity contribution in [2.24, 2.45) is 0 Å². The van der Waals surface area contributed by atoms with Crippen molar-refractivity contribution >= 4 is 17.7 Å². The van der Waals surface area contributed by atoms with E-state index in [1.54, 1.807) is 4.90 Å². The van der Waals surface area contributed by atoms with Gasteiger partial charge in [0.25, 0.3) is 0 Å². The highest BCUT2D eigenvalue weighted by Crippen LogP contribution is 2.49. The summed E-state index contributed by atoms with van der Waals surface area (Å²) in [5.41, 5.74) is 4.84. The zero-order valence-electron chi connectivity index (χ0n) is 21.1. The second-order valence-corrected chi connectivity index (χ2v) is 9.56. The van der Waals surface area contributed by atoms with Gasteiger partial charge in [0.05, 0.1) is 18.6 Å². The molecule has 2 saturated carbocycles. The number of ether oxygens (including phenoxy) is 2. The Hall–Kier alpha value is -3.61. The number of aryl methyl sites for hydroxylation is 1. The molecule has 7 heteroatoms. The number of aromatic nitrogens is 1. The molecule has 36 heavy (non-hydrogen) atoms. The highest BCUT2D eigenvalue weighted by Gasteiger charge is 2.52. The normalized spacial score (nSPS) is 16.2. The third-order valence-electron chi connectivity index (χ3n) is 7.31. The second kappa shape index (κ2) is 9.80. The molecule has 1 aromatic heterocycles. The fourth-order valence-electron chi connectivity index (χ4n) is 4.90. The van der Waals surface area contributed by atoms with Crippen LogP contribution in [0.15, 0.2) is 53.1 Å². The molecule has 0 N–H and O–H groups in total. The maximum absolute atomic E-state index is 12.8. The molecule has 2 aromatic carbocycles. The minimum absolute atomic E-state index is 0.100. The number of nitrogens with zero attached hydrogens (tertiary/aromatic N) is 2. The molecule has 0 saturated heterocycles. The van der Waals surface area contributed by atoms with Gasteiger partial charge in [-0.25, -0.2) is 4.79 Å². The molecule has 3 aromatic rings. The lowest BCUT2D eigenvalue weighted by atomic mass is 9.91. The van der Waals surface area contributed by atoms with Gasteiger partial charge in [0.2, 0.25) is 0 Å². The monoisotopic (exact) mass is 488 g/mol. The summed E-state index contributed by atoms with van der Waals surface area (Å²) in [5.74, 6) is 0.443. The Balaban J connectivity index is 1.39. The lowest BCUT2D eigenvalue weighted by molar-refractivity contribution is -0.146. The van der Waals surface area contributed by atoms with Crippen LogP contribution in [0, 0.1) is 6.92 Å². The number of esters is 1. The SMILES string of the molecule is CCOC(=O)N(c1c(C)noc1-c1ccc(-c2ccc(C3(C(=O)OCC)CC3)cc2)cc1)C1CCC1. The van der Waals surface area contributed by atoms with Crippen LogP contribution in [0.3, 0.4) is 0 Å². The molecule has 2 aliphatic rings. The van der Waals surface area contributed by atoms with E-state index in [1.807, 2.05) is 69.3 Å². The van der Waals surface area contributed by atoms with E-state index in [0.29, 0.717) is 30.4 Å². The van der Waals surface area contributed by atoms with E-state index < -0.39 is 5.41 Å². The summed E-state index contributed by atoms with van der Waals surface area (Å²) in [5, 5.41) is 4.18. The van der Waals surface area contributed by atoms with Crippen molar-refractivity contribution in [3.63, 3.8) is 0 Å². The molecule has 0 radical (unpaired) electrons. The van der Waals surface area contributed by atoms with Gasteiger partial charge in [-0.15, -0.1) is 0 Å². The van der Waals surface area contributed by atoms with Gasteiger partial charge >= 0.3 is 12.1 Å². The van der Waals surface area contributed by atoms with Crippen LogP contribution in [0.5, 0.6) is 0 Å². The van der Waals surface area contributed by atoms with Gasteiger partial charge in [-0.2, -0.15) is 0 Å². The predicted octanol–water partition coefficient (Wildman–Crippen LogP) is 6.43. The lowest BCUT2D eigenvalue weighted by Crippen LogP contribution is -2.45. The number of hydrogen-bond donors (Lipinski definition) is 0. The van der Waals surface area contributed by atoms with Crippen LogP contribution in [-0.4, -0.2) is 36.5 Å². The van der Waals surface area contributed by atoms with Gasteiger partial charge < -0.3 is 14.0 Å². The molecule has 0 atom stereocenters. The summed E-state index contributed by atoms with van der Waals surface area (Å²) in [6, 6.07) is 16.3. The number of carbonyl (C=O) groups is 2. The van der Waals surface area contributed by atoms with E-state index in [0.717, 1.165) is 54.4 Å². The quantitative estimate of drug-likeness (QED) is 0.340. The Bertz CT molecular complexity index is 1240. The largest absolute Gasteiger partial charge is 0.465 e. The van der Waals surface area contributed by atoms with Crippen molar-refractivity contribution in [3.05, 3.63) is 59.8 Å². The van der Waals surface area contributed by atoms with Crippen molar-refractivity contribution in [2.75, 3.05) is 18.1 Å². The first-order valence-corrected chi connectivity index (χ1v) is 12.8. The van der Waals surface area contributed by atoms with Gasteiger partial charge in [-0.1, -0.05) is 53.7 Å². The summed E-state index contributed by atoms with van der Waals surface area (Å²) in [4.78, 5) is 27.0. The minimum atomic E-state index is -0.468. The zero-order chi connectivity index (χ0) is 25.3. The maximum Gasteiger partial charge on any atom is 0.414 e. The van der Waals surface area contributed by atoms with Crippen LogP contribution >= 0.6 is 0 Å². The Kier molecular flexibility index (Phi) is 6.56. The smallest absolute Gasteiger partial charge is 0.414 e. The lowest BCUT2D eigenvalue weighted by Gasteiger charge is -2.36. The number of anilines is 1. The van der Waals surface area contributed by atoms with Crippen LogP contribution in [0.25, 0.3) is 22.5 Å². The summed E-state index contributed by atoms with van der Waals surface area (Å²) < 4.78 is 16.4. The van der Waals surface area contributed by atoms with Crippen LogP contribution in [0.2, 0.25) is 0 Å². The summed E-state index contributed by atoms with van der Waals surface area (Å²) >= 11 is 0. The van der Waals surface area contributed by atoms with Crippen molar-refractivity contribution in [1.29, 1.82) is 0 Å². The van der Waals surface area contributed by atoms with Gasteiger partial charge in [0, 0.05) is 11.6 Å². The van der Waals surface area contributed by atoms with E-state index in [-0.39, 0.29) is 18.1 Å². The molecule has 2 fully saturated rings. The van der Waals surface area contributed by atoms with Crippen molar-refractivity contribution < 1.29 is 23.6 Å². The molecule has 7 nitrogen and oxygen atoms in total. The molecule has 1 heterocycles. The average molecular weight is 489 g/mol. The van der Waals surface area contributed by atoms with E-state index in [9.17, 15) is 9.59 Å². The Morgan fingerprint density at radius 2 is 1.53 bits per heavy atom. The van der Waals surface area contributed by atoms with Crippen LogP contribution in [0.4, 0.5) is 10.5 Å². The first-order chi connectivity index (χ1) is 17.5. The average Bonchev–Trinajstić information content (AvgIpc) is 3.59. The first-order valence-electron chi connectivity index (χ1n) is 12.8. The molecular formula is C29H32N2O5. The third-order valence-corrected chi connectivity index (χ3v) is 7.31. The Morgan fingerprint density at radius 3 is 2.06 bits per heavy atom. The van der Waals surface area contributed by atoms with Crippen LogP contribution in [0.1, 0.15) is 57.2 Å². The fraction of sp³-hybridized carbons (Fsp3) is 0.414. The number of rotatable bonds is 8. The molecule has 0 unspecified atom stereocenters. The van der Waals surface area contributed by atoms with E-state index in [2.05, 4.69) is 5.16 Å². The summed E-state index contributed by atoms with van der Waals surface area (Å²) in [7, 11) is 0. The van der Waals surface area contributed by atoms with Gasteiger partial charge in [-0.3, -0.25) is 9.69 Å². The molecule has 0 spiro atoms. The van der Waals surface area contributed by atoms with Gasteiger partial charge in [0.15, 0.2) is 5.76 Å². The zero-order valence-corrected chi connectivity index (χ0v) is 21.1. The third kappa shape index (κ3) is 4.27. The van der Waals surface area contributed by atoms with Crippen molar-refractivity contribution in [1.82, 2.24) is 5.16 Å². The van der Waals surface area contributed by atoms with Gasteiger partial charge in [-0.05, 0) is 69.6 Å². The van der Waals surface area contributed by atoms with E-state index in [1.165, 1.54) is 0 Å². The number of benzene rings is 2. The maximum atomic E-state index is 12.8. The molecule has 2 aliphatic carbocycles. The van der Waals surface area contributed by atoms with Gasteiger partial charge in [0.1, 0.15) is 11.4 Å². The number of carbonyl (C=O) groups excluding carboxylic acids is 2. The van der Waals surface area contributed by atoms with Crippen molar-refractivity contribution in [3.8, 4) is 22.5 Å². The van der Waals surface area contributed by atoms with Crippen molar-refractivity contribution in [2.45, 2.75) is 64.3 Å². The Morgan fingerprint density at radius 1 is 0.944 bits per heavy atom. The predicted molar refractivity (Wildman–Crippen MR) is 137 cm³/mol. The standard InChI is InChI=1S/C29H32N2O5/c1-4-34-27(32)29(17-18-29)23-15-13-21(14-16-23)20-9-11-22(12-10-20)26-25(19(3)30-36-26)31(24-7-6-8-24)28(33)35-5-2/h9-16,24H,4-8,17-18H2,1-3H3. The van der Waals surface area contributed by atoms with Crippen LogP contribution < -0.4 is 4.90 Å². The first kappa shape index (κ1) is 24.1. The number of hydrogen-bond acceptors (Lipinski definition) is 6. The second-order valence-electron chi connectivity index (χ2n) is 9.56. The fourth-order valence-corrected chi connectivity index (χ4v) is 4.90. The summed E-state index contributed by atoms with van der Waals surface area (Å²) in [6.07, 6.45) is 4.28. The molecule has 5 rings (SSSR count). The molecule has 1 amide bonds. The van der Waals surface area contributed by atoms with Crippen LogP contribution in [-0.2, 0) is 19.7 Å². The van der Waals surface area contributed by atoms with E-state index in [4.69, 9.17) is 14.0 Å².